The highest BCUT2D eigenvalue weighted by Crippen LogP contribution is 2.24. The fourth-order valence-corrected chi connectivity index (χ4v) is 2.20. The summed E-state index contributed by atoms with van der Waals surface area (Å²) in [5.41, 5.74) is 2.32. The van der Waals surface area contributed by atoms with Crippen molar-refractivity contribution in [2.75, 3.05) is 6.54 Å². The number of hydrogen-bond donors (Lipinski definition) is 1. The molecule has 72 valence electrons. The summed E-state index contributed by atoms with van der Waals surface area (Å²) in [6, 6.07) is 3.14. The van der Waals surface area contributed by atoms with Gasteiger partial charge in [0.25, 0.3) is 0 Å². The Bertz CT molecular complexity index is 317. The van der Waals surface area contributed by atoms with E-state index in [1.165, 1.54) is 11.6 Å². The molecule has 2 rings (SSSR count). The Morgan fingerprint density at radius 1 is 1.38 bits per heavy atom. The molecule has 0 radical (unpaired) electrons. The van der Waals surface area contributed by atoms with Crippen LogP contribution in [-0.4, -0.2) is 6.54 Å². The maximum Gasteiger partial charge on any atom is 0.124 e. The Hall–Kier alpha value is -0.120. The van der Waals surface area contributed by atoms with Crippen LogP contribution >= 0.6 is 28.3 Å². The van der Waals surface area contributed by atoms with E-state index in [2.05, 4.69) is 21.2 Å². The van der Waals surface area contributed by atoms with E-state index in [0.29, 0.717) is 0 Å². The van der Waals surface area contributed by atoms with E-state index in [4.69, 9.17) is 0 Å². The second kappa shape index (κ2) is 4.40. The van der Waals surface area contributed by atoms with E-state index in [1.807, 2.05) is 0 Å². The van der Waals surface area contributed by atoms with Gasteiger partial charge in [0.1, 0.15) is 5.82 Å². The van der Waals surface area contributed by atoms with Gasteiger partial charge in [-0.25, -0.2) is 4.39 Å². The van der Waals surface area contributed by atoms with Crippen LogP contribution in [0.25, 0.3) is 0 Å². The van der Waals surface area contributed by atoms with Crippen molar-refractivity contribution in [3.05, 3.63) is 33.5 Å². The molecule has 1 aliphatic heterocycles. The summed E-state index contributed by atoms with van der Waals surface area (Å²) < 4.78 is 13.8. The smallest absolute Gasteiger partial charge is 0.124 e. The third-order valence-corrected chi connectivity index (χ3v) is 2.83. The highest BCUT2D eigenvalue weighted by molar-refractivity contribution is 9.10. The van der Waals surface area contributed by atoms with Crippen molar-refractivity contribution < 1.29 is 4.39 Å². The highest BCUT2D eigenvalue weighted by Gasteiger charge is 2.12. The van der Waals surface area contributed by atoms with E-state index in [9.17, 15) is 4.39 Å². The molecule has 0 saturated heterocycles. The zero-order valence-electron chi connectivity index (χ0n) is 6.94. The highest BCUT2D eigenvalue weighted by atomic mass is 79.9. The Morgan fingerprint density at radius 3 is 2.92 bits per heavy atom. The minimum Gasteiger partial charge on any atom is -0.312 e. The molecule has 13 heavy (non-hydrogen) atoms. The molecule has 0 bridgehead atoms. The molecular formula is C9H10BrClFN. The van der Waals surface area contributed by atoms with Gasteiger partial charge in [0.05, 0.1) is 0 Å². The lowest BCUT2D eigenvalue weighted by molar-refractivity contribution is 0.602. The van der Waals surface area contributed by atoms with Crippen molar-refractivity contribution in [3.8, 4) is 0 Å². The lowest BCUT2D eigenvalue weighted by Gasteiger charge is -2.18. The lowest BCUT2D eigenvalue weighted by Crippen LogP contribution is -2.24. The zero-order valence-corrected chi connectivity index (χ0v) is 9.34. The fourth-order valence-electron chi connectivity index (χ4n) is 1.53. The molecule has 1 heterocycles. The molecule has 1 N–H and O–H groups in total. The Morgan fingerprint density at radius 2 is 2.15 bits per heavy atom. The molecule has 0 atom stereocenters. The first-order chi connectivity index (χ1) is 5.77. The summed E-state index contributed by atoms with van der Waals surface area (Å²) >= 11 is 3.37. The van der Waals surface area contributed by atoms with Crippen molar-refractivity contribution in [2.45, 2.75) is 13.0 Å². The summed E-state index contributed by atoms with van der Waals surface area (Å²) in [5, 5.41) is 3.21. The molecule has 1 aliphatic rings. The predicted molar refractivity (Wildman–Crippen MR) is 56.8 cm³/mol. The van der Waals surface area contributed by atoms with Crippen LogP contribution in [0.2, 0.25) is 0 Å². The van der Waals surface area contributed by atoms with Crippen LogP contribution in [0.4, 0.5) is 4.39 Å². The molecule has 1 aromatic carbocycles. The number of halogens is 3. The van der Waals surface area contributed by atoms with E-state index in [-0.39, 0.29) is 18.2 Å². The maximum atomic E-state index is 12.9. The van der Waals surface area contributed by atoms with Crippen LogP contribution in [0.1, 0.15) is 11.1 Å². The standard InChI is InChI=1S/C9H9BrFN.ClH/c10-9-4-7(11)3-6-5-12-2-1-8(6)9;/h3-4,12H,1-2,5H2;1H. The third kappa shape index (κ3) is 2.22. The van der Waals surface area contributed by atoms with Crippen molar-refractivity contribution in [1.29, 1.82) is 0 Å². The molecular weight excluding hydrogens is 256 g/mol. The molecule has 0 aromatic heterocycles. The van der Waals surface area contributed by atoms with Crippen LogP contribution in [0, 0.1) is 5.82 Å². The van der Waals surface area contributed by atoms with Gasteiger partial charge in [0.15, 0.2) is 0 Å². The normalized spacial score (nSPS) is 14.6. The first-order valence-corrected chi connectivity index (χ1v) is 4.74. The van der Waals surface area contributed by atoms with Gasteiger partial charge in [-0.2, -0.15) is 0 Å². The molecule has 0 aliphatic carbocycles. The van der Waals surface area contributed by atoms with Gasteiger partial charge in [-0.15, -0.1) is 12.4 Å². The Kier molecular flexibility index (Phi) is 3.71. The zero-order chi connectivity index (χ0) is 8.55. The average Bonchev–Trinajstić information content (AvgIpc) is 2.04. The van der Waals surface area contributed by atoms with Gasteiger partial charge in [0.2, 0.25) is 0 Å². The largest absolute Gasteiger partial charge is 0.312 e. The van der Waals surface area contributed by atoms with E-state index < -0.39 is 0 Å². The van der Waals surface area contributed by atoms with Crippen molar-refractivity contribution in [3.63, 3.8) is 0 Å². The second-order valence-electron chi connectivity index (χ2n) is 2.95. The second-order valence-corrected chi connectivity index (χ2v) is 3.81. The van der Waals surface area contributed by atoms with Gasteiger partial charge < -0.3 is 5.32 Å². The Balaban J connectivity index is 0.000000845. The Labute approximate surface area is 91.3 Å². The summed E-state index contributed by atoms with van der Waals surface area (Å²) in [5.74, 6) is -0.163. The van der Waals surface area contributed by atoms with Crippen LogP contribution in [0.3, 0.4) is 0 Å². The number of nitrogens with one attached hydrogen (secondary N) is 1. The van der Waals surface area contributed by atoms with E-state index in [1.54, 1.807) is 6.07 Å². The minimum absolute atomic E-state index is 0. The van der Waals surface area contributed by atoms with Gasteiger partial charge in [-0.1, -0.05) is 15.9 Å². The van der Waals surface area contributed by atoms with Gasteiger partial charge in [-0.05, 0) is 36.2 Å². The molecule has 4 heteroatoms. The molecule has 0 amide bonds. The van der Waals surface area contributed by atoms with Crippen LogP contribution < -0.4 is 5.32 Å². The summed E-state index contributed by atoms with van der Waals surface area (Å²) in [4.78, 5) is 0. The van der Waals surface area contributed by atoms with Gasteiger partial charge >= 0.3 is 0 Å². The van der Waals surface area contributed by atoms with E-state index >= 15 is 0 Å². The summed E-state index contributed by atoms with van der Waals surface area (Å²) in [6.07, 6.45) is 0.982. The monoisotopic (exact) mass is 265 g/mol. The van der Waals surface area contributed by atoms with Gasteiger partial charge in [-0.3, -0.25) is 0 Å². The van der Waals surface area contributed by atoms with Gasteiger partial charge in [0, 0.05) is 11.0 Å². The number of fused-ring (bicyclic) bond motifs is 1. The number of benzene rings is 1. The summed E-state index contributed by atoms with van der Waals surface area (Å²) in [6.45, 7) is 1.77. The molecule has 0 spiro atoms. The SMILES string of the molecule is Cl.Fc1cc(Br)c2c(c1)CNCC2. The van der Waals surface area contributed by atoms with Crippen LogP contribution in [0.15, 0.2) is 16.6 Å². The van der Waals surface area contributed by atoms with Crippen LogP contribution in [-0.2, 0) is 13.0 Å². The first-order valence-electron chi connectivity index (χ1n) is 3.95. The first kappa shape index (κ1) is 11.0. The lowest BCUT2D eigenvalue weighted by atomic mass is 10.0. The predicted octanol–water partition coefficient (Wildman–Crippen LogP) is 2.66. The maximum absolute atomic E-state index is 12.9. The summed E-state index contributed by atoms with van der Waals surface area (Å²) in [7, 11) is 0. The minimum atomic E-state index is -0.163. The average molecular weight is 267 g/mol. The van der Waals surface area contributed by atoms with E-state index in [0.717, 1.165) is 29.5 Å². The molecule has 0 fully saturated rings. The number of hydrogen-bond acceptors (Lipinski definition) is 1. The topological polar surface area (TPSA) is 12.0 Å². The van der Waals surface area contributed by atoms with Crippen molar-refractivity contribution in [2.24, 2.45) is 0 Å². The molecule has 0 saturated carbocycles. The molecule has 1 nitrogen and oxygen atoms in total. The number of rotatable bonds is 0. The van der Waals surface area contributed by atoms with Crippen molar-refractivity contribution >= 4 is 28.3 Å². The van der Waals surface area contributed by atoms with Crippen LogP contribution in [0.5, 0.6) is 0 Å². The third-order valence-electron chi connectivity index (χ3n) is 2.12. The molecule has 0 unspecified atom stereocenters. The van der Waals surface area contributed by atoms with Crippen molar-refractivity contribution in [1.82, 2.24) is 5.32 Å². The molecule has 1 aromatic rings. The fraction of sp³-hybridized carbons (Fsp3) is 0.333. The quantitative estimate of drug-likeness (QED) is 0.761.